The van der Waals surface area contributed by atoms with Crippen molar-refractivity contribution < 1.29 is 0 Å². The molecule has 0 unspecified atom stereocenters. The maximum Gasteiger partial charge on any atom is 0.224 e. The van der Waals surface area contributed by atoms with Crippen LogP contribution in [0.2, 0.25) is 5.28 Å². The molecule has 106 valence electrons. The summed E-state index contributed by atoms with van der Waals surface area (Å²) in [6.07, 6.45) is 7.78. The van der Waals surface area contributed by atoms with Crippen LogP contribution in [0.1, 0.15) is 46.0 Å². The third-order valence-corrected chi connectivity index (χ3v) is 3.93. The van der Waals surface area contributed by atoms with Gasteiger partial charge >= 0.3 is 0 Å². The second kappa shape index (κ2) is 6.42. The van der Waals surface area contributed by atoms with E-state index in [0.717, 1.165) is 18.8 Å². The van der Waals surface area contributed by atoms with E-state index in [1.165, 1.54) is 25.7 Å². The summed E-state index contributed by atoms with van der Waals surface area (Å²) in [4.78, 5) is 10.6. The predicted molar refractivity (Wildman–Crippen MR) is 80.5 cm³/mol. The van der Waals surface area contributed by atoms with Crippen LogP contribution in [0.15, 0.2) is 6.20 Å². The molecule has 0 aliphatic heterocycles. The van der Waals surface area contributed by atoms with Crippen LogP contribution in [0.4, 0.5) is 11.5 Å². The van der Waals surface area contributed by atoms with E-state index >= 15 is 0 Å². The van der Waals surface area contributed by atoms with Gasteiger partial charge in [-0.3, -0.25) is 0 Å². The minimum Gasteiger partial charge on any atom is -0.394 e. The van der Waals surface area contributed by atoms with Gasteiger partial charge in [-0.05, 0) is 36.8 Å². The zero-order chi connectivity index (χ0) is 13.8. The molecule has 5 heteroatoms. The van der Waals surface area contributed by atoms with Gasteiger partial charge in [0, 0.05) is 12.6 Å². The molecule has 0 atom stereocenters. The lowest BCUT2D eigenvalue weighted by atomic mass is 10.1. The van der Waals surface area contributed by atoms with Crippen LogP contribution in [0.3, 0.4) is 0 Å². The number of nitrogens with zero attached hydrogens (tertiary/aromatic N) is 3. The Morgan fingerprint density at radius 1 is 1.42 bits per heavy atom. The van der Waals surface area contributed by atoms with Crippen molar-refractivity contribution in [3.8, 4) is 0 Å². The summed E-state index contributed by atoms with van der Waals surface area (Å²) in [5.74, 6) is 1.48. The lowest BCUT2D eigenvalue weighted by molar-refractivity contribution is 0.525. The molecule has 1 aliphatic rings. The number of aromatic nitrogens is 2. The van der Waals surface area contributed by atoms with Crippen molar-refractivity contribution >= 4 is 23.1 Å². The van der Waals surface area contributed by atoms with Crippen molar-refractivity contribution in [3.63, 3.8) is 0 Å². The van der Waals surface area contributed by atoms with Gasteiger partial charge in [-0.1, -0.05) is 26.7 Å². The number of nitrogen functional groups attached to an aromatic ring is 1. The topological polar surface area (TPSA) is 55.0 Å². The highest BCUT2D eigenvalue weighted by Crippen LogP contribution is 2.31. The number of halogens is 1. The number of rotatable bonds is 5. The third-order valence-electron chi connectivity index (χ3n) is 3.75. The minimum atomic E-state index is 0.275. The molecule has 1 aromatic heterocycles. The highest BCUT2D eigenvalue weighted by molar-refractivity contribution is 6.28. The fourth-order valence-corrected chi connectivity index (χ4v) is 2.79. The minimum absolute atomic E-state index is 0.275. The summed E-state index contributed by atoms with van der Waals surface area (Å²) in [6.45, 7) is 5.46. The molecule has 1 aliphatic carbocycles. The Kier molecular flexibility index (Phi) is 4.86. The Bertz CT molecular complexity index is 416. The lowest BCUT2D eigenvalue weighted by Gasteiger charge is -2.31. The first-order valence-electron chi connectivity index (χ1n) is 7.12. The van der Waals surface area contributed by atoms with E-state index in [2.05, 4.69) is 28.7 Å². The summed E-state index contributed by atoms with van der Waals surface area (Å²) in [7, 11) is 0. The molecule has 1 heterocycles. The normalized spacial score (nSPS) is 16.2. The Morgan fingerprint density at radius 2 is 2.11 bits per heavy atom. The van der Waals surface area contributed by atoms with E-state index in [-0.39, 0.29) is 5.28 Å². The van der Waals surface area contributed by atoms with Crippen molar-refractivity contribution in [2.75, 3.05) is 17.2 Å². The number of nitrogens with two attached hydrogens (primary N) is 1. The molecule has 1 saturated carbocycles. The van der Waals surface area contributed by atoms with E-state index < -0.39 is 0 Å². The van der Waals surface area contributed by atoms with Gasteiger partial charge in [-0.25, -0.2) is 4.98 Å². The van der Waals surface area contributed by atoms with Gasteiger partial charge in [0.05, 0.1) is 11.9 Å². The SMILES string of the molecule is CC(C)CCN(c1nc(Cl)ncc1N)C1CCCC1. The second-order valence-electron chi connectivity index (χ2n) is 5.73. The zero-order valence-corrected chi connectivity index (χ0v) is 12.5. The maximum atomic E-state index is 6.04. The van der Waals surface area contributed by atoms with Crippen LogP contribution in [-0.2, 0) is 0 Å². The fraction of sp³-hybridized carbons (Fsp3) is 0.714. The van der Waals surface area contributed by atoms with Gasteiger partial charge in [-0.15, -0.1) is 0 Å². The van der Waals surface area contributed by atoms with Gasteiger partial charge < -0.3 is 10.6 Å². The molecular weight excluding hydrogens is 260 g/mol. The van der Waals surface area contributed by atoms with Crippen molar-refractivity contribution in [1.82, 2.24) is 9.97 Å². The third kappa shape index (κ3) is 3.72. The summed E-state index contributed by atoms with van der Waals surface area (Å²) in [5.41, 5.74) is 6.66. The Hall–Kier alpha value is -1.03. The quantitative estimate of drug-likeness (QED) is 0.840. The zero-order valence-electron chi connectivity index (χ0n) is 11.8. The summed E-state index contributed by atoms with van der Waals surface area (Å²) >= 11 is 5.93. The Labute approximate surface area is 120 Å². The molecular formula is C14H23ClN4. The fourth-order valence-electron chi connectivity index (χ4n) is 2.67. The van der Waals surface area contributed by atoms with Crippen molar-refractivity contribution in [3.05, 3.63) is 11.5 Å². The monoisotopic (exact) mass is 282 g/mol. The number of anilines is 2. The highest BCUT2D eigenvalue weighted by Gasteiger charge is 2.25. The van der Waals surface area contributed by atoms with E-state index in [4.69, 9.17) is 17.3 Å². The number of hydrogen-bond acceptors (Lipinski definition) is 4. The molecule has 0 amide bonds. The van der Waals surface area contributed by atoms with Crippen LogP contribution in [-0.4, -0.2) is 22.6 Å². The first kappa shape index (κ1) is 14.4. The molecule has 0 spiro atoms. The van der Waals surface area contributed by atoms with Crippen LogP contribution >= 0.6 is 11.6 Å². The van der Waals surface area contributed by atoms with Gasteiger partial charge in [0.15, 0.2) is 5.82 Å². The van der Waals surface area contributed by atoms with Crippen LogP contribution in [0, 0.1) is 5.92 Å². The summed E-state index contributed by atoms with van der Waals surface area (Å²) < 4.78 is 0. The Balaban J connectivity index is 2.21. The van der Waals surface area contributed by atoms with E-state index in [9.17, 15) is 0 Å². The molecule has 2 rings (SSSR count). The molecule has 0 bridgehead atoms. The molecule has 1 aromatic rings. The average Bonchev–Trinajstić information content (AvgIpc) is 2.87. The second-order valence-corrected chi connectivity index (χ2v) is 6.07. The molecule has 4 nitrogen and oxygen atoms in total. The van der Waals surface area contributed by atoms with Crippen molar-refractivity contribution in [2.24, 2.45) is 5.92 Å². The van der Waals surface area contributed by atoms with Crippen molar-refractivity contribution in [2.45, 2.75) is 52.0 Å². The first-order chi connectivity index (χ1) is 9.08. The van der Waals surface area contributed by atoms with E-state index in [0.29, 0.717) is 17.6 Å². The van der Waals surface area contributed by atoms with Crippen LogP contribution in [0.5, 0.6) is 0 Å². The van der Waals surface area contributed by atoms with Gasteiger partial charge in [0.25, 0.3) is 0 Å². The standard InChI is InChI=1S/C14H23ClN4/c1-10(2)7-8-19(11-5-3-4-6-11)13-12(16)9-17-14(15)18-13/h9-11H,3-8,16H2,1-2H3. The smallest absolute Gasteiger partial charge is 0.224 e. The average molecular weight is 283 g/mol. The molecule has 1 fully saturated rings. The molecule has 0 aromatic carbocycles. The molecule has 0 radical (unpaired) electrons. The van der Waals surface area contributed by atoms with Crippen LogP contribution in [0.25, 0.3) is 0 Å². The molecule has 19 heavy (non-hydrogen) atoms. The summed E-state index contributed by atoms with van der Waals surface area (Å²) in [5, 5.41) is 0.275. The lowest BCUT2D eigenvalue weighted by Crippen LogP contribution is -2.36. The van der Waals surface area contributed by atoms with Gasteiger partial charge in [0.2, 0.25) is 5.28 Å². The summed E-state index contributed by atoms with van der Waals surface area (Å²) in [6, 6.07) is 0.548. The molecule has 0 saturated heterocycles. The largest absolute Gasteiger partial charge is 0.394 e. The molecule has 2 N–H and O–H groups in total. The number of hydrogen-bond donors (Lipinski definition) is 1. The maximum absolute atomic E-state index is 6.04. The van der Waals surface area contributed by atoms with Gasteiger partial charge in [-0.2, -0.15) is 4.98 Å². The predicted octanol–water partition coefficient (Wildman–Crippen LogP) is 3.51. The van der Waals surface area contributed by atoms with E-state index in [1.807, 2.05) is 0 Å². The van der Waals surface area contributed by atoms with Gasteiger partial charge in [0.1, 0.15) is 0 Å². The van der Waals surface area contributed by atoms with E-state index in [1.54, 1.807) is 6.20 Å². The Morgan fingerprint density at radius 3 is 2.74 bits per heavy atom. The van der Waals surface area contributed by atoms with Crippen LogP contribution < -0.4 is 10.6 Å². The van der Waals surface area contributed by atoms with Crippen molar-refractivity contribution in [1.29, 1.82) is 0 Å². The highest BCUT2D eigenvalue weighted by atomic mass is 35.5. The first-order valence-corrected chi connectivity index (χ1v) is 7.50.